The Morgan fingerprint density at radius 2 is 2.29 bits per heavy atom. The van der Waals surface area contributed by atoms with E-state index in [2.05, 4.69) is 36.1 Å². The van der Waals surface area contributed by atoms with Crippen LogP contribution < -0.4 is 5.32 Å². The van der Waals surface area contributed by atoms with E-state index >= 15 is 0 Å². The number of piperidine rings is 1. The summed E-state index contributed by atoms with van der Waals surface area (Å²) in [6, 6.07) is 1.16. The van der Waals surface area contributed by atoms with Crippen molar-refractivity contribution in [2.24, 2.45) is 0 Å². The topological polar surface area (TPSA) is 27.7 Å². The molecule has 0 aromatic rings. The molecule has 0 spiro atoms. The highest BCUT2D eigenvalue weighted by Crippen LogP contribution is 2.15. The maximum Gasteiger partial charge on any atom is 0.0630 e. The number of likely N-dealkylation sites (N-methyl/N-ethyl adjacent to an activating group) is 3. The molecule has 1 aliphatic heterocycles. The minimum atomic E-state index is 0.483. The zero-order valence-corrected chi connectivity index (χ0v) is 11.9. The Labute approximate surface area is 106 Å². The van der Waals surface area contributed by atoms with Gasteiger partial charge in [-0.2, -0.15) is 0 Å². The Kier molecular flexibility index (Phi) is 7.04. The number of likely N-dealkylation sites (tertiary alicyclic amines) is 1. The van der Waals surface area contributed by atoms with Gasteiger partial charge in [0, 0.05) is 32.3 Å². The van der Waals surface area contributed by atoms with Crippen molar-refractivity contribution in [3.63, 3.8) is 0 Å². The minimum Gasteiger partial charge on any atom is -0.383 e. The van der Waals surface area contributed by atoms with E-state index < -0.39 is 0 Å². The molecule has 1 fully saturated rings. The van der Waals surface area contributed by atoms with Crippen LogP contribution in [0.3, 0.4) is 0 Å². The highest BCUT2D eigenvalue weighted by atomic mass is 16.5. The second-order valence-corrected chi connectivity index (χ2v) is 5.14. The normalized spacial score (nSPS) is 24.2. The molecule has 2 atom stereocenters. The highest BCUT2D eigenvalue weighted by Gasteiger charge is 2.25. The molecular weight excluding hydrogens is 214 g/mol. The van der Waals surface area contributed by atoms with Gasteiger partial charge in [0.05, 0.1) is 6.61 Å². The summed E-state index contributed by atoms with van der Waals surface area (Å²) >= 11 is 0. The van der Waals surface area contributed by atoms with Gasteiger partial charge in [0.1, 0.15) is 0 Å². The minimum absolute atomic E-state index is 0.483. The quantitative estimate of drug-likeness (QED) is 0.710. The molecule has 4 nitrogen and oxygen atoms in total. The fraction of sp³-hybridized carbons (Fsp3) is 1.00. The van der Waals surface area contributed by atoms with Crippen molar-refractivity contribution in [2.75, 3.05) is 54.0 Å². The second kappa shape index (κ2) is 8.03. The second-order valence-electron chi connectivity index (χ2n) is 5.14. The molecule has 1 N–H and O–H groups in total. The Hall–Kier alpha value is -0.160. The van der Waals surface area contributed by atoms with Crippen molar-refractivity contribution in [1.82, 2.24) is 15.1 Å². The van der Waals surface area contributed by atoms with E-state index in [1.165, 1.54) is 25.9 Å². The van der Waals surface area contributed by atoms with Gasteiger partial charge in [0.2, 0.25) is 0 Å². The van der Waals surface area contributed by atoms with Gasteiger partial charge in [-0.3, -0.25) is 4.90 Å². The van der Waals surface area contributed by atoms with Crippen LogP contribution in [0.15, 0.2) is 0 Å². The number of nitrogens with one attached hydrogen (secondary N) is 1. The van der Waals surface area contributed by atoms with Crippen LogP contribution in [-0.4, -0.2) is 75.9 Å². The molecule has 0 amide bonds. The van der Waals surface area contributed by atoms with Gasteiger partial charge in [0.25, 0.3) is 0 Å². The SMILES string of the molecule is CCNCC(COC)N(C)C1CCCN(C)C1. The summed E-state index contributed by atoms with van der Waals surface area (Å²) in [6.07, 6.45) is 2.62. The Morgan fingerprint density at radius 3 is 2.88 bits per heavy atom. The van der Waals surface area contributed by atoms with Gasteiger partial charge in [-0.15, -0.1) is 0 Å². The predicted octanol–water partition coefficient (Wildman–Crippen LogP) is 0.637. The van der Waals surface area contributed by atoms with Crippen LogP contribution in [0.1, 0.15) is 19.8 Å². The summed E-state index contributed by atoms with van der Waals surface area (Å²) in [7, 11) is 6.25. The lowest BCUT2D eigenvalue weighted by Gasteiger charge is -2.40. The molecule has 1 aliphatic rings. The van der Waals surface area contributed by atoms with Crippen LogP contribution in [0, 0.1) is 0 Å². The van der Waals surface area contributed by atoms with Gasteiger partial charge in [0.15, 0.2) is 0 Å². The van der Waals surface area contributed by atoms with E-state index in [4.69, 9.17) is 4.74 Å². The first kappa shape index (κ1) is 14.9. The number of ether oxygens (including phenoxy) is 1. The van der Waals surface area contributed by atoms with Crippen LogP contribution in [0.2, 0.25) is 0 Å². The van der Waals surface area contributed by atoms with E-state index in [0.717, 1.165) is 19.7 Å². The fourth-order valence-corrected chi connectivity index (χ4v) is 2.59. The van der Waals surface area contributed by atoms with E-state index in [0.29, 0.717) is 12.1 Å². The summed E-state index contributed by atoms with van der Waals surface area (Å²) in [5.41, 5.74) is 0. The van der Waals surface area contributed by atoms with E-state index in [-0.39, 0.29) is 0 Å². The number of methoxy groups -OCH3 is 1. The summed E-state index contributed by atoms with van der Waals surface area (Å²) < 4.78 is 5.34. The van der Waals surface area contributed by atoms with Crippen molar-refractivity contribution in [1.29, 1.82) is 0 Å². The van der Waals surface area contributed by atoms with Crippen LogP contribution in [0.4, 0.5) is 0 Å². The first-order valence-corrected chi connectivity index (χ1v) is 6.79. The van der Waals surface area contributed by atoms with E-state index in [1.807, 2.05) is 0 Å². The Morgan fingerprint density at radius 1 is 1.53 bits per heavy atom. The summed E-state index contributed by atoms with van der Waals surface area (Å²) in [6.45, 7) is 7.43. The molecular formula is C13H29N3O. The fourth-order valence-electron chi connectivity index (χ4n) is 2.59. The van der Waals surface area contributed by atoms with E-state index in [9.17, 15) is 0 Å². The zero-order chi connectivity index (χ0) is 12.7. The average molecular weight is 243 g/mol. The van der Waals surface area contributed by atoms with Gasteiger partial charge < -0.3 is 15.0 Å². The maximum absolute atomic E-state index is 5.34. The summed E-state index contributed by atoms with van der Waals surface area (Å²) in [5, 5.41) is 3.43. The lowest BCUT2D eigenvalue weighted by molar-refractivity contribution is 0.0514. The molecule has 102 valence electrons. The first-order chi connectivity index (χ1) is 8.19. The third-order valence-electron chi connectivity index (χ3n) is 3.74. The van der Waals surface area contributed by atoms with Crippen molar-refractivity contribution < 1.29 is 4.74 Å². The van der Waals surface area contributed by atoms with Crippen molar-refractivity contribution in [2.45, 2.75) is 31.8 Å². The third kappa shape index (κ3) is 4.92. The molecule has 0 saturated carbocycles. The number of rotatable bonds is 7. The largest absolute Gasteiger partial charge is 0.383 e. The molecule has 0 aliphatic carbocycles. The molecule has 0 radical (unpaired) electrons. The van der Waals surface area contributed by atoms with E-state index in [1.54, 1.807) is 7.11 Å². The Bertz CT molecular complexity index is 201. The van der Waals surface area contributed by atoms with Crippen molar-refractivity contribution in [3.8, 4) is 0 Å². The number of hydrogen-bond acceptors (Lipinski definition) is 4. The Balaban J connectivity index is 2.46. The van der Waals surface area contributed by atoms with Crippen molar-refractivity contribution >= 4 is 0 Å². The molecule has 1 rings (SSSR count). The maximum atomic E-state index is 5.34. The van der Waals surface area contributed by atoms with Gasteiger partial charge in [-0.05, 0) is 40.0 Å². The van der Waals surface area contributed by atoms with Gasteiger partial charge in [-0.25, -0.2) is 0 Å². The molecule has 1 saturated heterocycles. The lowest BCUT2D eigenvalue weighted by atomic mass is 10.0. The number of hydrogen-bond donors (Lipinski definition) is 1. The van der Waals surface area contributed by atoms with Crippen LogP contribution >= 0.6 is 0 Å². The molecule has 0 bridgehead atoms. The standard InChI is InChI=1S/C13H29N3O/c1-5-14-9-13(11-17-4)16(3)12-7-6-8-15(2)10-12/h12-14H,5-11H2,1-4H3. The third-order valence-corrected chi connectivity index (χ3v) is 3.74. The molecule has 0 aromatic carbocycles. The van der Waals surface area contributed by atoms with Crippen molar-refractivity contribution in [3.05, 3.63) is 0 Å². The molecule has 2 unspecified atom stereocenters. The van der Waals surface area contributed by atoms with Gasteiger partial charge in [-0.1, -0.05) is 6.92 Å². The average Bonchev–Trinajstić information content (AvgIpc) is 2.33. The monoisotopic (exact) mass is 243 g/mol. The molecule has 1 heterocycles. The molecule has 4 heteroatoms. The van der Waals surface area contributed by atoms with Gasteiger partial charge >= 0.3 is 0 Å². The lowest BCUT2D eigenvalue weighted by Crippen LogP contribution is -2.53. The summed E-state index contributed by atoms with van der Waals surface area (Å²) in [4.78, 5) is 4.93. The highest BCUT2D eigenvalue weighted by molar-refractivity contribution is 4.83. The number of nitrogens with zero attached hydrogens (tertiary/aromatic N) is 2. The van der Waals surface area contributed by atoms with Crippen LogP contribution in [0.5, 0.6) is 0 Å². The molecule has 0 aromatic heterocycles. The molecule has 17 heavy (non-hydrogen) atoms. The summed E-state index contributed by atoms with van der Waals surface area (Å²) in [5.74, 6) is 0. The van der Waals surface area contributed by atoms with Crippen LogP contribution in [0.25, 0.3) is 0 Å². The smallest absolute Gasteiger partial charge is 0.0630 e. The van der Waals surface area contributed by atoms with Crippen LogP contribution in [-0.2, 0) is 4.74 Å². The first-order valence-electron chi connectivity index (χ1n) is 6.79. The predicted molar refractivity (Wildman–Crippen MR) is 72.5 cm³/mol. The zero-order valence-electron chi connectivity index (χ0n) is 11.9.